The Morgan fingerprint density at radius 1 is 0.963 bits per heavy atom. The van der Waals surface area contributed by atoms with Crippen molar-refractivity contribution in [3.05, 3.63) is 84.2 Å². The Morgan fingerprint density at radius 2 is 1.81 bits per heavy atom. The van der Waals surface area contributed by atoms with E-state index in [1.54, 1.807) is 12.1 Å². The lowest BCUT2D eigenvalue weighted by molar-refractivity contribution is 0.112. The average Bonchev–Trinajstić information content (AvgIpc) is 2.71. The molecule has 0 aliphatic heterocycles. The van der Waals surface area contributed by atoms with Gasteiger partial charge in [0.1, 0.15) is 29.9 Å². The van der Waals surface area contributed by atoms with Crippen LogP contribution in [0.15, 0.2) is 73.1 Å². The Balaban J connectivity index is 1.62. The highest BCUT2D eigenvalue weighted by atomic mass is 16.5. The number of ether oxygens (including phenoxy) is 1. The van der Waals surface area contributed by atoms with Crippen LogP contribution in [0.2, 0.25) is 0 Å². The van der Waals surface area contributed by atoms with Gasteiger partial charge < -0.3 is 10.1 Å². The maximum absolute atomic E-state index is 11.1. The molecule has 0 fully saturated rings. The first-order chi connectivity index (χ1) is 13.2. The minimum Gasteiger partial charge on any atom is -0.457 e. The summed E-state index contributed by atoms with van der Waals surface area (Å²) in [6, 6.07) is 20.9. The number of para-hydroxylation sites is 1. The van der Waals surface area contributed by atoms with Crippen LogP contribution in [0.25, 0.3) is 10.9 Å². The van der Waals surface area contributed by atoms with Crippen molar-refractivity contribution in [3.8, 4) is 11.5 Å². The molecule has 132 valence electrons. The SMILES string of the molecule is Cc1cc(Nc2ncnc3ccc(C=O)cc23)ccc1Oc1ccccc1. The molecule has 0 radical (unpaired) electrons. The van der Waals surface area contributed by atoms with Crippen molar-refractivity contribution in [1.29, 1.82) is 0 Å². The van der Waals surface area contributed by atoms with Crippen molar-refractivity contribution >= 4 is 28.7 Å². The largest absolute Gasteiger partial charge is 0.457 e. The second-order valence-corrected chi connectivity index (χ2v) is 6.14. The highest BCUT2D eigenvalue weighted by Crippen LogP contribution is 2.29. The van der Waals surface area contributed by atoms with E-state index < -0.39 is 0 Å². The molecule has 5 nitrogen and oxygen atoms in total. The number of aryl methyl sites for hydroxylation is 1. The van der Waals surface area contributed by atoms with E-state index in [-0.39, 0.29) is 0 Å². The number of rotatable bonds is 5. The number of nitrogens with zero attached hydrogens (tertiary/aromatic N) is 2. The van der Waals surface area contributed by atoms with E-state index in [0.717, 1.165) is 39.9 Å². The van der Waals surface area contributed by atoms with Gasteiger partial charge in [-0.05, 0) is 61.0 Å². The number of carbonyl (C=O) groups excluding carboxylic acids is 1. The van der Waals surface area contributed by atoms with E-state index in [2.05, 4.69) is 15.3 Å². The fraction of sp³-hybridized carbons (Fsp3) is 0.0455. The van der Waals surface area contributed by atoms with Crippen LogP contribution in [0.5, 0.6) is 11.5 Å². The first kappa shape index (κ1) is 16.7. The number of aldehydes is 1. The van der Waals surface area contributed by atoms with E-state index >= 15 is 0 Å². The normalized spacial score (nSPS) is 10.6. The van der Waals surface area contributed by atoms with Crippen molar-refractivity contribution in [3.63, 3.8) is 0 Å². The number of carbonyl (C=O) groups is 1. The molecule has 5 heteroatoms. The number of hydrogen-bond donors (Lipinski definition) is 1. The van der Waals surface area contributed by atoms with Crippen molar-refractivity contribution in [2.45, 2.75) is 6.92 Å². The number of hydrogen-bond acceptors (Lipinski definition) is 5. The van der Waals surface area contributed by atoms with E-state index in [9.17, 15) is 4.79 Å². The smallest absolute Gasteiger partial charge is 0.150 e. The predicted molar refractivity (Wildman–Crippen MR) is 106 cm³/mol. The summed E-state index contributed by atoms with van der Waals surface area (Å²) in [4.78, 5) is 19.7. The Hall–Kier alpha value is -3.73. The number of anilines is 2. The zero-order chi connectivity index (χ0) is 18.6. The van der Waals surface area contributed by atoms with Crippen LogP contribution in [0.4, 0.5) is 11.5 Å². The summed E-state index contributed by atoms with van der Waals surface area (Å²) in [5.41, 5.74) is 3.24. The van der Waals surface area contributed by atoms with E-state index in [1.165, 1.54) is 6.33 Å². The second-order valence-electron chi connectivity index (χ2n) is 6.14. The average molecular weight is 355 g/mol. The lowest BCUT2D eigenvalue weighted by Crippen LogP contribution is -1.97. The lowest BCUT2D eigenvalue weighted by Gasteiger charge is -2.12. The van der Waals surface area contributed by atoms with Crippen LogP contribution in [-0.4, -0.2) is 16.3 Å². The fourth-order valence-electron chi connectivity index (χ4n) is 2.84. The minimum atomic E-state index is 0.586. The number of nitrogens with one attached hydrogen (secondary N) is 1. The van der Waals surface area contributed by atoms with Crippen LogP contribution in [-0.2, 0) is 0 Å². The molecule has 0 unspecified atom stereocenters. The molecule has 4 rings (SSSR count). The Bertz CT molecular complexity index is 1110. The van der Waals surface area contributed by atoms with Gasteiger partial charge in [-0.3, -0.25) is 4.79 Å². The standard InChI is InChI=1S/C22H17N3O2/c1-15-11-17(8-10-21(15)27-18-5-3-2-4-6-18)25-22-19-12-16(13-26)7-9-20(19)23-14-24-22/h2-14H,1H3,(H,23,24,25). The molecule has 0 saturated heterocycles. The van der Waals surface area contributed by atoms with Gasteiger partial charge in [0.25, 0.3) is 0 Å². The molecule has 0 amide bonds. The van der Waals surface area contributed by atoms with Gasteiger partial charge in [0.15, 0.2) is 0 Å². The van der Waals surface area contributed by atoms with Gasteiger partial charge in [0, 0.05) is 16.6 Å². The first-order valence-electron chi connectivity index (χ1n) is 8.53. The monoisotopic (exact) mass is 355 g/mol. The molecule has 1 aromatic heterocycles. The molecule has 3 aromatic carbocycles. The highest BCUT2D eigenvalue weighted by Gasteiger charge is 2.07. The van der Waals surface area contributed by atoms with Gasteiger partial charge in [-0.2, -0.15) is 0 Å². The fourth-order valence-corrected chi connectivity index (χ4v) is 2.84. The summed E-state index contributed by atoms with van der Waals surface area (Å²) in [6.07, 6.45) is 2.32. The summed E-state index contributed by atoms with van der Waals surface area (Å²) >= 11 is 0. The summed E-state index contributed by atoms with van der Waals surface area (Å²) in [6.45, 7) is 1.99. The van der Waals surface area contributed by atoms with Crippen molar-refractivity contribution in [2.75, 3.05) is 5.32 Å². The molecular formula is C22H17N3O2. The minimum absolute atomic E-state index is 0.586. The molecule has 1 N–H and O–H groups in total. The van der Waals surface area contributed by atoms with E-state index in [4.69, 9.17) is 4.74 Å². The van der Waals surface area contributed by atoms with Gasteiger partial charge in [-0.1, -0.05) is 18.2 Å². The summed E-state index contributed by atoms with van der Waals surface area (Å²) in [7, 11) is 0. The van der Waals surface area contributed by atoms with Crippen LogP contribution in [0.1, 0.15) is 15.9 Å². The zero-order valence-electron chi connectivity index (χ0n) is 14.7. The molecule has 0 spiro atoms. The third kappa shape index (κ3) is 3.62. The molecule has 0 saturated carbocycles. The summed E-state index contributed by atoms with van der Waals surface area (Å²) < 4.78 is 5.92. The molecule has 4 aromatic rings. The topological polar surface area (TPSA) is 64.1 Å². The van der Waals surface area contributed by atoms with E-state index in [1.807, 2.05) is 61.5 Å². The Kier molecular flexibility index (Phi) is 4.49. The molecular weight excluding hydrogens is 338 g/mol. The van der Waals surface area contributed by atoms with E-state index in [0.29, 0.717) is 11.4 Å². The van der Waals surface area contributed by atoms with Gasteiger partial charge in [-0.15, -0.1) is 0 Å². The Labute approximate surface area is 156 Å². The van der Waals surface area contributed by atoms with Gasteiger partial charge >= 0.3 is 0 Å². The van der Waals surface area contributed by atoms with Crippen LogP contribution in [0, 0.1) is 6.92 Å². The molecule has 0 aliphatic rings. The third-order valence-electron chi connectivity index (χ3n) is 4.20. The maximum Gasteiger partial charge on any atom is 0.150 e. The number of benzene rings is 3. The lowest BCUT2D eigenvalue weighted by atomic mass is 10.1. The quantitative estimate of drug-likeness (QED) is 0.493. The summed E-state index contributed by atoms with van der Waals surface area (Å²) in [5.74, 6) is 2.24. The molecule has 0 bridgehead atoms. The molecule has 1 heterocycles. The van der Waals surface area contributed by atoms with Crippen molar-refractivity contribution in [1.82, 2.24) is 9.97 Å². The number of aromatic nitrogens is 2. The number of fused-ring (bicyclic) bond motifs is 1. The van der Waals surface area contributed by atoms with Gasteiger partial charge in [-0.25, -0.2) is 9.97 Å². The maximum atomic E-state index is 11.1. The highest BCUT2D eigenvalue weighted by molar-refractivity contribution is 5.94. The summed E-state index contributed by atoms with van der Waals surface area (Å²) in [5, 5.41) is 4.10. The first-order valence-corrected chi connectivity index (χ1v) is 8.53. The van der Waals surface area contributed by atoms with Crippen molar-refractivity contribution < 1.29 is 9.53 Å². The molecule has 0 aliphatic carbocycles. The van der Waals surface area contributed by atoms with Crippen LogP contribution >= 0.6 is 0 Å². The van der Waals surface area contributed by atoms with Gasteiger partial charge in [0.05, 0.1) is 5.52 Å². The molecule has 27 heavy (non-hydrogen) atoms. The zero-order valence-corrected chi connectivity index (χ0v) is 14.7. The van der Waals surface area contributed by atoms with Crippen LogP contribution in [0.3, 0.4) is 0 Å². The van der Waals surface area contributed by atoms with Gasteiger partial charge in [0.2, 0.25) is 0 Å². The van der Waals surface area contributed by atoms with Crippen molar-refractivity contribution in [2.24, 2.45) is 0 Å². The Morgan fingerprint density at radius 3 is 2.59 bits per heavy atom. The third-order valence-corrected chi connectivity index (χ3v) is 4.20. The van der Waals surface area contributed by atoms with Crippen LogP contribution < -0.4 is 10.1 Å². The second kappa shape index (κ2) is 7.25. The molecule has 0 atom stereocenters. The predicted octanol–water partition coefficient (Wildman–Crippen LogP) is 5.29.